The van der Waals surface area contributed by atoms with Gasteiger partial charge in [0, 0.05) is 6.07 Å². The van der Waals surface area contributed by atoms with Crippen molar-refractivity contribution in [1.29, 1.82) is 0 Å². The summed E-state index contributed by atoms with van der Waals surface area (Å²) in [5, 5.41) is 23.1. The van der Waals surface area contributed by atoms with Gasteiger partial charge in [0.05, 0.1) is 33.6 Å². The average Bonchev–Trinajstić information content (AvgIpc) is 2.90. The molecule has 0 aliphatic rings. The lowest BCUT2D eigenvalue weighted by atomic mass is 9.99. The smallest absolute Gasteiger partial charge is 0.285 e. The number of unbranched alkanes of at least 4 members (excludes halogenated alkanes) is 15. The molecule has 0 aliphatic heterocycles. The molecule has 7 nitrogen and oxygen atoms in total. The first-order chi connectivity index (χ1) is 18.4. The zero-order chi connectivity index (χ0) is 27.6. The van der Waals surface area contributed by atoms with Gasteiger partial charge in [0.15, 0.2) is 0 Å². The molecule has 38 heavy (non-hydrogen) atoms. The van der Waals surface area contributed by atoms with Crippen LogP contribution < -0.4 is 4.74 Å². The minimum Gasteiger partial charge on any atom is -0.494 e. The minimum atomic E-state index is -0.567. The van der Waals surface area contributed by atoms with E-state index in [4.69, 9.17) is 4.74 Å². The van der Waals surface area contributed by atoms with Gasteiger partial charge in [-0.05, 0) is 43.2 Å². The van der Waals surface area contributed by atoms with Crippen molar-refractivity contribution in [2.24, 2.45) is 0 Å². The van der Waals surface area contributed by atoms with E-state index in [1.165, 1.54) is 108 Å². The molecule has 0 fully saturated rings. The molecule has 7 heteroatoms. The second kappa shape index (κ2) is 18.3. The van der Waals surface area contributed by atoms with Crippen molar-refractivity contribution in [2.75, 3.05) is 6.61 Å². The first-order valence-electron chi connectivity index (χ1n) is 14.5. The first-order valence-corrected chi connectivity index (χ1v) is 14.5. The number of aryl methyl sites for hydroxylation is 1. The molecule has 2 aromatic carbocycles. The van der Waals surface area contributed by atoms with Crippen molar-refractivity contribution >= 4 is 11.4 Å². The highest BCUT2D eigenvalue weighted by Gasteiger charge is 2.24. The minimum absolute atomic E-state index is 0.172. The van der Waals surface area contributed by atoms with Crippen LogP contribution in [0.15, 0.2) is 30.3 Å². The van der Waals surface area contributed by atoms with Gasteiger partial charge in [-0.3, -0.25) is 20.2 Å². The van der Waals surface area contributed by atoms with Crippen LogP contribution >= 0.6 is 0 Å². The molecule has 0 aliphatic carbocycles. The third kappa shape index (κ3) is 11.6. The van der Waals surface area contributed by atoms with Gasteiger partial charge in [-0.15, -0.1) is 0 Å². The Bertz CT molecular complexity index is 992. The maximum Gasteiger partial charge on any atom is 0.285 e. The van der Waals surface area contributed by atoms with Crippen molar-refractivity contribution in [3.63, 3.8) is 0 Å². The van der Waals surface area contributed by atoms with Crippen LogP contribution in [0, 0.1) is 33.2 Å². The van der Waals surface area contributed by atoms with Crippen LogP contribution in [0.5, 0.6) is 5.75 Å². The molecule has 0 saturated heterocycles. The molecule has 0 spiro atoms. The molecule has 0 amide bonds. The van der Waals surface area contributed by atoms with E-state index < -0.39 is 9.85 Å². The van der Waals surface area contributed by atoms with Crippen molar-refractivity contribution < 1.29 is 14.6 Å². The van der Waals surface area contributed by atoms with E-state index in [1.54, 1.807) is 19.1 Å². The summed E-state index contributed by atoms with van der Waals surface area (Å²) < 4.78 is 5.85. The topological polar surface area (TPSA) is 95.5 Å². The maximum absolute atomic E-state index is 11.6. The third-order valence-electron chi connectivity index (χ3n) is 6.97. The molecular weight excluding hydrogens is 480 g/mol. The number of nitrogens with zero attached hydrogens (tertiary/aromatic N) is 2. The quantitative estimate of drug-likeness (QED) is 0.0917. The fourth-order valence-electron chi connectivity index (χ4n) is 4.77. The summed E-state index contributed by atoms with van der Waals surface area (Å²) in [6, 6.07) is 10.1. The SMILES string of the molecule is CCCCCCCCCCCCCCCCCCOc1ccc([N+](=O)[O-])c(-c2cc(C)c[c]c2[N+](=O)[O-])c1. The van der Waals surface area contributed by atoms with Gasteiger partial charge in [-0.1, -0.05) is 103 Å². The van der Waals surface area contributed by atoms with Gasteiger partial charge in [-0.25, -0.2) is 0 Å². The van der Waals surface area contributed by atoms with E-state index in [0.29, 0.717) is 12.4 Å². The van der Waals surface area contributed by atoms with Crippen molar-refractivity contribution in [2.45, 2.75) is 117 Å². The number of hydrogen-bond acceptors (Lipinski definition) is 5. The van der Waals surface area contributed by atoms with Crippen LogP contribution in [0.3, 0.4) is 0 Å². The van der Waals surface area contributed by atoms with E-state index in [2.05, 4.69) is 13.0 Å². The Morgan fingerprint density at radius 1 is 0.711 bits per heavy atom. The lowest BCUT2D eigenvalue weighted by Crippen LogP contribution is -2.00. The normalized spacial score (nSPS) is 11.0. The molecule has 2 rings (SSSR count). The van der Waals surface area contributed by atoms with E-state index in [-0.39, 0.29) is 22.5 Å². The molecule has 1 radical (unpaired) electrons. The van der Waals surface area contributed by atoms with Gasteiger partial charge in [0.25, 0.3) is 11.4 Å². The van der Waals surface area contributed by atoms with E-state index >= 15 is 0 Å². The number of hydrogen-bond donors (Lipinski definition) is 0. The number of nitro benzene ring substituents is 2. The van der Waals surface area contributed by atoms with Crippen molar-refractivity contribution in [1.82, 2.24) is 0 Å². The second-order valence-electron chi connectivity index (χ2n) is 10.3. The molecule has 0 bridgehead atoms. The Balaban J connectivity index is 1.65. The van der Waals surface area contributed by atoms with Crippen LogP contribution in [-0.4, -0.2) is 16.5 Å². The highest BCUT2D eigenvalue weighted by Crippen LogP contribution is 2.38. The summed E-state index contributed by atoms with van der Waals surface area (Å²) in [6.45, 7) is 4.55. The van der Waals surface area contributed by atoms with Gasteiger partial charge in [-0.2, -0.15) is 0 Å². The van der Waals surface area contributed by atoms with Gasteiger partial charge in [0.2, 0.25) is 0 Å². The van der Waals surface area contributed by atoms with E-state index in [0.717, 1.165) is 18.4 Å². The Morgan fingerprint density at radius 2 is 1.24 bits per heavy atom. The summed E-state index contributed by atoms with van der Waals surface area (Å²) >= 11 is 0. The van der Waals surface area contributed by atoms with Crippen LogP contribution in [0.4, 0.5) is 11.4 Å². The summed E-state index contributed by atoms with van der Waals surface area (Å²) in [5.74, 6) is 0.474. The molecule has 0 atom stereocenters. The maximum atomic E-state index is 11.6. The fourth-order valence-corrected chi connectivity index (χ4v) is 4.77. The van der Waals surface area contributed by atoms with Crippen LogP contribution in [-0.2, 0) is 0 Å². The third-order valence-corrected chi connectivity index (χ3v) is 6.97. The molecule has 0 aromatic heterocycles. The summed E-state index contributed by atoms with van der Waals surface area (Å²) in [6.07, 6.45) is 20.8. The van der Waals surface area contributed by atoms with Crippen LogP contribution in [0.2, 0.25) is 0 Å². The lowest BCUT2D eigenvalue weighted by molar-refractivity contribution is -0.386. The average molecular weight is 526 g/mol. The number of rotatable bonds is 21. The summed E-state index contributed by atoms with van der Waals surface area (Å²) in [7, 11) is 0. The van der Waals surface area contributed by atoms with Crippen LogP contribution in [0.1, 0.15) is 115 Å². The fraction of sp³-hybridized carbons (Fsp3) is 0.613. The van der Waals surface area contributed by atoms with Crippen molar-refractivity contribution in [3.8, 4) is 16.9 Å². The molecule has 0 saturated carbocycles. The predicted octanol–water partition coefficient (Wildman–Crippen LogP) is 9.92. The Kier molecular flexibility index (Phi) is 15.1. The standard InChI is InChI=1S/C31H45N2O5/c1-3-4-5-6-7-8-9-10-11-12-13-14-15-16-17-18-23-38-27-20-22-31(33(36)37)29(25-27)28-24-26(2)19-21-30(28)32(34)35/h19-20,22,24-25H,3-18,23H2,1-2H3. The molecule has 209 valence electrons. The van der Waals surface area contributed by atoms with Gasteiger partial charge >= 0.3 is 0 Å². The van der Waals surface area contributed by atoms with E-state index in [1.807, 2.05) is 0 Å². The number of ether oxygens (including phenoxy) is 1. The van der Waals surface area contributed by atoms with Crippen LogP contribution in [0.25, 0.3) is 11.1 Å². The first kappa shape index (κ1) is 31.3. The predicted molar refractivity (Wildman–Crippen MR) is 154 cm³/mol. The largest absolute Gasteiger partial charge is 0.494 e. The Hall–Kier alpha value is -2.96. The van der Waals surface area contributed by atoms with Gasteiger partial charge in [0.1, 0.15) is 5.75 Å². The monoisotopic (exact) mass is 525 g/mol. The molecular formula is C31H45N2O5. The van der Waals surface area contributed by atoms with E-state index in [9.17, 15) is 20.2 Å². The van der Waals surface area contributed by atoms with Gasteiger partial charge < -0.3 is 4.74 Å². The summed E-state index contributed by atoms with van der Waals surface area (Å²) in [5.41, 5.74) is 0.607. The Morgan fingerprint density at radius 3 is 1.74 bits per heavy atom. The zero-order valence-electron chi connectivity index (χ0n) is 23.3. The molecule has 0 heterocycles. The highest BCUT2D eigenvalue weighted by molar-refractivity contribution is 5.81. The highest BCUT2D eigenvalue weighted by atomic mass is 16.6. The van der Waals surface area contributed by atoms with Crippen molar-refractivity contribution in [3.05, 3.63) is 62.2 Å². The second-order valence-corrected chi connectivity index (χ2v) is 10.3. The number of nitro groups is 2. The zero-order valence-corrected chi connectivity index (χ0v) is 23.3. The Labute approximate surface area is 228 Å². The molecule has 0 N–H and O–H groups in total. The molecule has 0 unspecified atom stereocenters. The summed E-state index contributed by atoms with van der Waals surface area (Å²) in [4.78, 5) is 22.0. The number of benzene rings is 2. The lowest BCUT2D eigenvalue weighted by Gasteiger charge is -2.10. The molecule has 2 aromatic rings.